The summed E-state index contributed by atoms with van der Waals surface area (Å²) in [6, 6.07) is 2.00. The summed E-state index contributed by atoms with van der Waals surface area (Å²) in [6.45, 7) is 5.09. The number of nitrogens with two attached hydrogens (primary N) is 1. The van der Waals surface area contributed by atoms with Crippen LogP contribution in [0.1, 0.15) is 32.6 Å². The molecule has 2 atom stereocenters. The highest BCUT2D eigenvalue weighted by Crippen LogP contribution is 2.17. The molecule has 2 aliphatic rings. The van der Waals surface area contributed by atoms with Gasteiger partial charge in [-0.05, 0) is 39.2 Å². The molecule has 2 heterocycles. The third-order valence-corrected chi connectivity index (χ3v) is 4.07. The molecule has 0 aromatic carbocycles. The first-order chi connectivity index (χ1) is 10.5. The van der Waals surface area contributed by atoms with Crippen LogP contribution in [-0.4, -0.2) is 58.5 Å². The van der Waals surface area contributed by atoms with E-state index in [9.17, 15) is 5.11 Å². The number of β-amino-alcohol motifs (C(OH)–C–C–N with tert-alkyl or cyclic N) is 2. The lowest BCUT2D eigenvalue weighted by Gasteiger charge is -2.32. The Morgan fingerprint density at radius 2 is 2.00 bits per heavy atom. The van der Waals surface area contributed by atoms with E-state index < -0.39 is 0 Å². The molecule has 0 saturated carbocycles. The van der Waals surface area contributed by atoms with Crippen molar-refractivity contribution >= 4 is 17.2 Å². The third kappa shape index (κ3) is 6.28. The molecule has 0 amide bonds. The Bertz CT molecular complexity index is 441. The van der Waals surface area contributed by atoms with Crippen LogP contribution in [0.2, 0.25) is 0 Å². The molecule has 0 radical (unpaired) electrons. The molecule has 0 aliphatic carbocycles. The first kappa shape index (κ1) is 18.8. The topological polar surface area (TPSA) is 106 Å². The van der Waals surface area contributed by atoms with Gasteiger partial charge in [0, 0.05) is 25.3 Å². The second-order valence-corrected chi connectivity index (χ2v) is 6.12. The molecule has 2 rings (SSSR count). The Kier molecular flexibility index (Phi) is 8.35. The van der Waals surface area contributed by atoms with Crippen molar-refractivity contribution in [2.45, 2.75) is 44.8 Å². The summed E-state index contributed by atoms with van der Waals surface area (Å²) in [7, 11) is 0. The van der Waals surface area contributed by atoms with E-state index in [2.05, 4.69) is 5.32 Å². The molecule has 2 saturated heterocycles. The number of likely N-dealkylation sites (tertiary alicyclic amines) is 1. The lowest BCUT2D eigenvalue weighted by molar-refractivity contribution is 0.0879. The zero-order valence-electron chi connectivity index (χ0n) is 13.1. The van der Waals surface area contributed by atoms with Crippen LogP contribution in [0.15, 0.2) is 11.3 Å². The molecule has 2 fully saturated rings. The Labute approximate surface area is 137 Å². The van der Waals surface area contributed by atoms with Gasteiger partial charge in [-0.3, -0.25) is 0 Å². The quantitative estimate of drug-likeness (QED) is 0.328. The van der Waals surface area contributed by atoms with Crippen LogP contribution in [0.25, 0.3) is 0 Å². The number of rotatable bonds is 2. The van der Waals surface area contributed by atoms with Crippen LogP contribution in [0, 0.1) is 11.3 Å². The van der Waals surface area contributed by atoms with Crippen molar-refractivity contribution in [2.75, 3.05) is 26.2 Å². The first-order valence-electron chi connectivity index (χ1n) is 7.68. The smallest absolute Gasteiger partial charge is 0.116 e. The van der Waals surface area contributed by atoms with Crippen molar-refractivity contribution in [3.05, 3.63) is 11.3 Å². The van der Waals surface area contributed by atoms with Gasteiger partial charge in [0.2, 0.25) is 0 Å². The largest absolute Gasteiger partial charge is 0.392 e. The number of nitriles is 1. The molecule has 0 aromatic rings. The zero-order valence-corrected chi connectivity index (χ0v) is 13.9. The van der Waals surface area contributed by atoms with Crippen LogP contribution in [0.5, 0.6) is 0 Å². The molecule has 7 heteroatoms. The zero-order chi connectivity index (χ0) is 16.5. The van der Waals surface area contributed by atoms with Gasteiger partial charge in [0.05, 0.1) is 12.2 Å². The fourth-order valence-electron chi connectivity index (χ4n) is 2.57. The number of aliphatic hydroxyl groups excluding tert-OH is 2. The minimum Gasteiger partial charge on any atom is -0.392 e. The van der Waals surface area contributed by atoms with Gasteiger partial charge in [0.15, 0.2) is 0 Å². The lowest BCUT2D eigenvalue weighted by atomic mass is 10.1. The maximum absolute atomic E-state index is 9.51. The van der Waals surface area contributed by atoms with Crippen molar-refractivity contribution in [2.24, 2.45) is 5.73 Å². The van der Waals surface area contributed by atoms with Crippen molar-refractivity contribution in [3.8, 4) is 6.07 Å². The first-order valence-corrected chi connectivity index (χ1v) is 8.09. The van der Waals surface area contributed by atoms with Gasteiger partial charge in [-0.2, -0.15) is 5.26 Å². The molecule has 5 N–H and O–H groups in total. The van der Waals surface area contributed by atoms with E-state index in [1.54, 1.807) is 0 Å². The highest BCUT2D eigenvalue weighted by Gasteiger charge is 2.20. The molecule has 2 unspecified atom stereocenters. The molecule has 22 heavy (non-hydrogen) atoms. The second-order valence-electron chi connectivity index (χ2n) is 5.68. The maximum atomic E-state index is 9.51. The number of hydrogen-bond acceptors (Lipinski definition) is 6. The van der Waals surface area contributed by atoms with E-state index in [1.165, 1.54) is 0 Å². The normalized spacial score (nSPS) is 26.2. The maximum Gasteiger partial charge on any atom is 0.116 e. The minimum atomic E-state index is -0.319. The Hall–Kier alpha value is -1.20. The summed E-state index contributed by atoms with van der Waals surface area (Å²) >= 11 is 4.80. The average Bonchev–Trinajstić information content (AvgIpc) is 2.49. The van der Waals surface area contributed by atoms with Crippen LogP contribution in [-0.2, 0) is 0 Å². The molecular formula is C15H26N4O2S. The molecule has 2 aliphatic heterocycles. The summed E-state index contributed by atoms with van der Waals surface area (Å²) in [4.78, 5) is 2.08. The number of aliphatic hydroxyl groups is 2. The van der Waals surface area contributed by atoms with E-state index >= 15 is 0 Å². The molecule has 6 nitrogen and oxygen atoms in total. The lowest BCUT2D eigenvalue weighted by Crippen LogP contribution is -2.38. The summed E-state index contributed by atoms with van der Waals surface area (Å²) in [5.41, 5.74) is 6.57. The molecular weight excluding hydrogens is 300 g/mol. The van der Waals surface area contributed by atoms with Gasteiger partial charge < -0.3 is 26.2 Å². The number of hydrogen-bond donors (Lipinski definition) is 4. The van der Waals surface area contributed by atoms with Gasteiger partial charge in [0.25, 0.3) is 0 Å². The number of piperidine rings is 2. The number of thiocarbonyl (C=S) groups is 1. The molecule has 124 valence electrons. The third-order valence-electron chi connectivity index (χ3n) is 3.86. The van der Waals surface area contributed by atoms with E-state index in [0.717, 1.165) is 51.0 Å². The highest BCUT2D eigenvalue weighted by atomic mass is 32.1. The van der Waals surface area contributed by atoms with E-state index in [4.69, 9.17) is 28.3 Å². The van der Waals surface area contributed by atoms with Crippen LogP contribution in [0.4, 0.5) is 0 Å². The van der Waals surface area contributed by atoms with Crippen molar-refractivity contribution in [1.82, 2.24) is 10.2 Å². The number of nitrogens with one attached hydrogen (secondary N) is 1. The Morgan fingerprint density at radius 3 is 2.41 bits per heavy atom. The van der Waals surface area contributed by atoms with E-state index in [0.29, 0.717) is 12.1 Å². The van der Waals surface area contributed by atoms with Gasteiger partial charge in [-0.25, -0.2) is 0 Å². The summed E-state index contributed by atoms with van der Waals surface area (Å²) in [5, 5.41) is 30.3. The summed E-state index contributed by atoms with van der Waals surface area (Å²) < 4.78 is 0. The van der Waals surface area contributed by atoms with Gasteiger partial charge in [-0.15, -0.1) is 0 Å². The van der Waals surface area contributed by atoms with Crippen molar-refractivity contribution < 1.29 is 10.2 Å². The molecule has 0 aromatic heterocycles. The fourth-order valence-corrected chi connectivity index (χ4v) is 2.76. The highest BCUT2D eigenvalue weighted by molar-refractivity contribution is 7.80. The Morgan fingerprint density at radius 1 is 1.32 bits per heavy atom. The van der Waals surface area contributed by atoms with Gasteiger partial charge in [0.1, 0.15) is 16.6 Å². The second kappa shape index (κ2) is 9.74. The monoisotopic (exact) mass is 326 g/mol. The standard InChI is InChI=1S/C10H15N3OS.C5H11NO/c1-7(9(5-11)10(12)15)13-4-2-3-8(14)6-13;7-5-2-1-3-6-4-5/h8,14H,2-4,6H2,1H3,(H2,12,15);5-7H,1-4H2/b9-7-;. The number of allylic oxidation sites excluding steroid dienone is 1. The SMILES string of the molecule is C/C(=C(\C#N)C(N)=S)N1CCCC(O)C1.OC1CCCNC1. The van der Waals surface area contributed by atoms with Crippen LogP contribution in [0.3, 0.4) is 0 Å². The average molecular weight is 326 g/mol. The number of nitrogens with zero attached hydrogens (tertiary/aromatic N) is 2. The molecule has 0 bridgehead atoms. The summed E-state index contributed by atoms with van der Waals surface area (Å²) in [6.07, 6.45) is 3.45. The predicted molar refractivity (Wildman–Crippen MR) is 90.0 cm³/mol. The van der Waals surface area contributed by atoms with Crippen molar-refractivity contribution in [3.63, 3.8) is 0 Å². The fraction of sp³-hybridized carbons (Fsp3) is 0.733. The van der Waals surface area contributed by atoms with E-state index in [-0.39, 0.29) is 17.2 Å². The van der Waals surface area contributed by atoms with Crippen LogP contribution >= 0.6 is 12.2 Å². The van der Waals surface area contributed by atoms with Crippen molar-refractivity contribution in [1.29, 1.82) is 5.26 Å². The molecule has 0 spiro atoms. The summed E-state index contributed by atoms with van der Waals surface area (Å²) in [5.74, 6) is 0. The van der Waals surface area contributed by atoms with Gasteiger partial charge in [-0.1, -0.05) is 12.2 Å². The predicted octanol–water partition coefficient (Wildman–Crippen LogP) is 0.257. The van der Waals surface area contributed by atoms with Crippen LogP contribution < -0.4 is 11.1 Å². The van der Waals surface area contributed by atoms with E-state index in [1.807, 2.05) is 17.9 Å². The van der Waals surface area contributed by atoms with Gasteiger partial charge >= 0.3 is 0 Å². The minimum absolute atomic E-state index is 0.0752. The Balaban J connectivity index is 0.000000287.